The molecule has 172 valence electrons. The number of rotatable bonds is 20. The highest BCUT2D eigenvalue weighted by molar-refractivity contribution is 5.90. The lowest BCUT2D eigenvalue weighted by atomic mass is 10.1. The lowest BCUT2D eigenvalue weighted by molar-refractivity contribution is -0.139. The summed E-state index contributed by atoms with van der Waals surface area (Å²) >= 11 is 0. The van der Waals surface area contributed by atoms with E-state index in [-0.39, 0.29) is 19.1 Å². The van der Waals surface area contributed by atoms with Crippen LogP contribution in [0.1, 0.15) is 96.8 Å². The average molecular weight is 424 g/mol. The van der Waals surface area contributed by atoms with Crippen molar-refractivity contribution in [2.45, 2.75) is 96.8 Å². The summed E-state index contributed by atoms with van der Waals surface area (Å²) < 4.78 is 4.76. The smallest absolute Gasteiger partial charge is 0.331 e. The minimum atomic E-state index is -1.21. The van der Waals surface area contributed by atoms with Crippen LogP contribution in [0.5, 0.6) is 0 Å². The standard InChI is InChI=1S/C24H41NO5/c1-2-3-4-5-6-7-8-9-10-11-12-13-14-15-16-17-22(26)25-20-21-30-24(29)19-18-23(27)28/h9-10,18-19H,2-8,11-17,20-21H2,1H3,(H,25,26)(H,27,28)/b10-9-,19-18-. The molecular weight excluding hydrogens is 382 g/mol. The molecule has 0 unspecified atom stereocenters. The Morgan fingerprint density at radius 1 is 0.800 bits per heavy atom. The normalized spacial score (nSPS) is 11.2. The number of ether oxygens (including phenoxy) is 1. The predicted molar refractivity (Wildman–Crippen MR) is 120 cm³/mol. The van der Waals surface area contributed by atoms with Gasteiger partial charge in [0.05, 0.1) is 6.54 Å². The Hall–Kier alpha value is -2.11. The minimum Gasteiger partial charge on any atom is -0.478 e. The maximum Gasteiger partial charge on any atom is 0.331 e. The molecule has 0 atom stereocenters. The second-order valence-corrected chi connectivity index (χ2v) is 7.52. The third kappa shape index (κ3) is 22.2. The first-order valence-corrected chi connectivity index (χ1v) is 11.6. The third-order valence-corrected chi connectivity index (χ3v) is 4.70. The van der Waals surface area contributed by atoms with Crippen molar-refractivity contribution < 1.29 is 24.2 Å². The molecule has 0 aliphatic rings. The highest BCUT2D eigenvalue weighted by Gasteiger charge is 2.02. The van der Waals surface area contributed by atoms with Crippen LogP contribution in [0.4, 0.5) is 0 Å². The zero-order chi connectivity index (χ0) is 22.3. The zero-order valence-corrected chi connectivity index (χ0v) is 18.7. The quantitative estimate of drug-likeness (QED) is 0.120. The molecule has 0 aliphatic carbocycles. The fraction of sp³-hybridized carbons (Fsp3) is 0.708. The van der Waals surface area contributed by atoms with Gasteiger partial charge in [-0.1, -0.05) is 70.4 Å². The lowest BCUT2D eigenvalue weighted by Crippen LogP contribution is -2.27. The molecule has 0 heterocycles. The van der Waals surface area contributed by atoms with Gasteiger partial charge in [-0.15, -0.1) is 0 Å². The van der Waals surface area contributed by atoms with Gasteiger partial charge in [0.2, 0.25) is 5.91 Å². The van der Waals surface area contributed by atoms with Crippen molar-refractivity contribution in [2.24, 2.45) is 0 Å². The van der Waals surface area contributed by atoms with E-state index in [1.54, 1.807) is 0 Å². The van der Waals surface area contributed by atoms with Crippen molar-refractivity contribution in [3.05, 3.63) is 24.3 Å². The molecule has 0 aliphatic heterocycles. The van der Waals surface area contributed by atoms with E-state index in [1.807, 2.05) is 0 Å². The number of hydrogen-bond donors (Lipinski definition) is 2. The van der Waals surface area contributed by atoms with E-state index >= 15 is 0 Å². The SMILES string of the molecule is CCCCCCCC/C=C\CCCCCCCC(=O)NCCOC(=O)/C=C\C(=O)O. The number of carbonyl (C=O) groups is 3. The van der Waals surface area contributed by atoms with Crippen molar-refractivity contribution in [3.8, 4) is 0 Å². The molecular formula is C24H41NO5. The topological polar surface area (TPSA) is 92.7 Å². The Balaban J connectivity index is 3.36. The highest BCUT2D eigenvalue weighted by Crippen LogP contribution is 2.09. The van der Waals surface area contributed by atoms with Crippen LogP contribution in [-0.2, 0) is 19.1 Å². The largest absolute Gasteiger partial charge is 0.478 e. The van der Waals surface area contributed by atoms with Gasteiger partial charge >= 0.3 is 11.9 Å². The summed E-state index contributed by atoms with van der Waals surface area (Å²) in [6, 6.07) is 0. The number of aliphatic carboxylic acids is 1. The van der Waals surface area contributed by atoms with E-state index in [0.29, 0.717) is 12.5 Å². The third-order valence-electron chi connectivity index (χ3n) is 4.70. The molecule has 1 amide bonds. The summed E-state index contributed by atoms with van der Waals surface area (Å²) in [7, 11) is 0. The lowest BCUT2D eigenvalue weighted by Gasteiger charge is -2.05. The van der Waals surface area contributed by atoms with E-state index < -0.39 is 11.9 Å². The second-order valence-electron chi connectivity index (χ2n) is 7.52. The summed E-state index contributed by atoms with van der Waals surface area (Å²) in [4.78, 5) is 33.1. The van der Waals surface area contributed by atoms with Crippen LogP contribution in [0.25, 0.3) is 0 Å². The van der Waals surface area contributed by atoms with Gasteiger partial charge in [0.1, 0.15) is 6.61 Å². The van der Waals surface area contributed by atoms with Crippen LogP contribution < -0.4 is 5.32 Å². The van der Waals surface area contributed by atoms with Crippen LogP contribution in [0.3, 0.4) is 0 Å². The second kappa shape index (κ2) is 21.6. The average Bonchev–Trinajstić information content (AvgIpc) is 2.72. The highest BCUT2D eigenvalue weighted by atomic mass is 16.5. The predicted octanol–water partition coefficient (Wildman–Crippen LogP) is 5.32. The molecule has 0 spiro atoms. The maximum atomic E-state index is 11.7. The number of carboxylic acid groups (broad SMARTS) is 1. The molecule has 6 nitrogen and oxygen atoms in total. The van der Waals surface area contributed by atoms with Gasteiger partial charge in [0, 0.05) is 18.6 Å². The number of nitrogens with one attached hydrogen (secondary N) is 1. The fourth-order valence-corrected chi connectivity index (χ4v) is 2.97. The molecule has 0 bridgehead atoms. The molecule has 0 saturated heterocycles. The van der Waals surface area contributed by atoms with Gasteiger partial charge in [0.15, 0.2) is 0 Å². The monoisotopic (exact) mass is 423 g/mol. The van der Waals surface area contributed by atoms with E-state index in [9.17, 15) is 14.4 Å². The molecule has 0 aromatic carbocycles. The van der Waals surface area contributed by atoms with Crippen molar-refractivity contribution >= 4 is 17.8 Å². The molecule has 6 heteroatoms. The fourth-order valence-electron chi connectivity index (χ4n) is 2.97. The van der Waals surface area contributed by atoms with Crippen LogP contribution in [0, 0.1) is 0 Å². The van der Waals surface area contributed by atoms with Crippen LogP contribution in [-0.4, -0.2) is 36.1 Å². The van der Waals surface area contributed by atoms with E-state index in [2.05, 4.69) is 24.4 Å². The molecule has 0 rings (SSSR count). The number of amides is 1. The first-order chi connectivity index (χ1) is 14.6. The summed E-state index contributed by atoms with van der Waals surface area (Å²) in [6.07, 6.45) is 22.6. The van der Waals surface area contributed by atoms with Gasteiger partial charge in [-0.2, -0.15) is 0 Å². The molecule has 0 aromatic heterocycles. The first-order valence-electron chi connectivity index (χ1n) is 11.6. The van der Waals surface area contributed by atoms with E-state index in [4.69, 9.17) is 9.84 Å². The number of carboxylic acids is 1. The Morgan fingerprint density at radius 2 is 1.37 bits per heavy atom. The van der Waals surface area contributed by atoms with Crippen molar-refractivity contribution in [2.75, 3.05) is 13.2 Å². The molecule has 30 heavy (non-hydrogen) atoms. The molecule has 2 N–H and O–H groups in total. The van der Waals surface area contributed by atoms with Crippen LogP contribution >= 0.6 is 0 Å². The summed E-state index contributed by atoms with van der Waals surface area (Å²) in [6.45, 7) is 2.51. The van der Waals surface area contributed by atoms with Gasteiger partial charge in [-0.05, 0) is 32.1 Å². The minimum absolute atomic E-state index is 0.0287. The van der Waals surface area contributed by atoms with Crippen LogP contribution in [0.2, 0.25) is 0 Å². The number of esters is 1. The zero-order valence-electron chi connectivity index (χ0n) is 18.7. The Bertz CT molecular complexity index is 514. The summed E-state index contributed by atoms with van der Waals surface area (Å²) in [5.41, 5.74) is 0. The van der Waals surface area contributed by atoms with Gasteiger partial charge in [-0.25, -0.2) is 9.59 Å². The number of hydrogen-bond acceptors (Lipinski definition) is 4. The van der Waals surface area contributed by atoms with Gasteiger partial charge in [0.25, 0.3) is 0 Å². The number of unbranched alkanes of at least 4 members (excludes halogenated alkanes) is 11. The number of allylic oxidation sites excluding steroid dienone is 2. The summed E-state index contributed by atoms with van der Waals surface area (Å²) in [5, 5.41) is 11.1. The maximum absolute atomic E-state index is 11.7. The van der Waals surface area contributed by atoms with Gasteiger partial charge < -0.3 is 15.2 Å². The van der Waals surface area contributed by atoms with E-state index in [0.717, 1.165) is 31.8 Å². The van der Waals surface area contributed by atoms with Crippen molar-refractivity contribution in [1.82, 2.24) is 5.32 Å². The number of carbonyl (C=O) groups excluding carboxylic acids is 2. The van der Waals surface area contributed by atoms with E-state index in [1.165, 1.54) is 57.8 Å². The molecule has 0 radical (unpaired) electrons. The Morgan fingerprint density at radius 3 is 1.97 bits per heavy atom. The van der Waals surface area contributed by atoms with Crippen molar-refractivity contribution in [3.63, 3.8) is 0 Å². The molecule has 0 fully saturated rings. The van der Waals surface area contributed by atoms with Crippen molar-refractivity contribution in [1.29, 1.82) is 0 Å². The summed E-state index contributed by atoms with van der Waals surface area (Å²) in [5.74, 6) is -1.99. The van der Waals surface area contributed by atoms with Gasteiger partial charge in [-0.3, -0.25) is 4.79 Å². The van der Waals surface area contributed by atoms with Crippen LogP contribution in [0.15, 0.2) is 24.3 Å². The first kappa shape index (κ1) is 27.9. The molecule has 0 saturated carbocycles. The Kier molecular flexibility index (Phi) is 20.1. The Labute approximate surface area is 182 Å². The molecule has 0 aromatic rings.